The lowest BCUT2D eigenvalue weighted by Crippen LogP contribution is -2.58. The number of aliphatic hydroxyl groups excluding tert-OH is 1. The van der Waals surface area contributed by atoms with Crippen molar-refractivity contribution in [3.05, 3.63) is 0 Å². The highest BCUT2D eigenvalue weighted by Gasteiger charge is 2.32. The third-order valence-corrected chi connectivity index (χ3v) is 3.09. The summed E-state index contributed by atoms with van der Waals surface area (Å²) in [4.78, 5) is 13.4. The molecule has 1 amide bonds. The monoisotopic (exact) mass is 198 g/mol. The van der Waals surface area contributed by atoms with Crippen molar-refractivity contribution < 1.29 is 9.90 Å². The standard InChI is InChI=1S/C10H18N2O2/c13-8-4-3-6-11-10(8)12-7-2-1-5-9(12)14/h8,10-11,13H,1-7H2. The Bertz CT molecular complexity index is 220. The van der Waals surface area contributed by atoms with E-state index in [1.54, 1.807) is 0 Å². The Hall–Kier alpha value is -0.610. The van der Waals surface area contributed by atoms with Gasteiger partial charge in [-0.05, 0) is 32.2 Å². The molecule has 4 heteroatoms. The summed E-state index contributed by atoms with van der Waals surface area (Å²) in [5.41, 5.74) is 0. The van der Waals surface area contributed by atoms with Gasteiger partial charge in [0.1, 0.15) is 6.17 Å². The fourth-order valence-electron chi connectivity index (χ4n) is 2.29. The number of nitrogens with one attached hydrogen (secondary N) is 1. The van der Waals surface area contributed by atoms with E-state index < -0.39 is 0 Å². The van der Waals surface area contributed by atoms with E-state index in [4.69, 9.17) is 0 Å². The molecule has 2 aliphatic rings. The number of piperidine rings is 2. The molecule has 2 fully saturated rings. The van der Waals surface area contributed by atoms with Crippen molar-refractivity contribution >= 4 is 5.91 Å². The first-order valence-corrected chi connectivity index (χ1v) is 5.50. The first-order valence-electron chi connectivity index (χ1n) is 5.50. The molecule has 0 aromatic carbocycles. The third kappa shape index (κ3) is 1.91. The fraction of sp³-hybridized carbons (Fsp3) is 0.900. The van der Waals surface area contributed by atoms with Crippen LogP contribution in [0, 0.1) is 0 Å². The number of carbonyl (C=O) groups is 1. The lowest BCUT2D eigenvalue weighted by molar-refractivity contribution is -0.140. The van der Waals surface area contributed by atoms with Crippen LogP contribution < -0.4 is 5.32 Å². The highest BCUT2D eigenvalue weighted by Crippen LogP contribution is 2.18. The molecule has 2 N–H and O–H groups in total. The van der Waals surface area contributed by atoms with Gasteiger partial charge in [0.05, 0.1) is 6.10 Å². The molecule has 80 valence electrons. The van der Waals surface area contributed by atoms with E-state index in [1.165, 1.54) is 0 Å². The van der Waals surface area contributed by atoms with Gasteiger partial charge in [-0.2, -0.15) is 0 Å². The van der Waals surface area contributed by atoms with Gasteiger partial charge in [0.2, 0.25) is 5.91 Å². The van der Waals surface area contributed by atoms with Crippen LogP contribution in [0.5, 0.6) is 0 Å². The van der Waals surface area contributed by atoms with Gasteiger partial charge >= 0.3 is 0 Å². The molecule has 0 saturated carbocycles. The minimum atomic E-state index is -0.384. The molecule has 2 heterocycles. The summed E-state index contributed by atoms with van der Waals surface area (Å²) in [6, 6.07) is 0. The van der Waals surface area contributed by atoms with Crippen LogP contribution in [0.2, 0.25) is 0 Å². The van der Waals surface area contributed by atoms with Crippen LogP contribution in [0.25, 0.3) is 0 Å². The van der Waals surface area contributed by atoms with E-state index in [1.807, 2.05) is 4.90 Å². The van der Waals surface area contributed by atoms with E-state index in [0.29, 0.717) is 6.42 Å². The summed E-state index contributed by atoms with van der Waals surface area (Å²) in [6.07, 6.45) is 4.00. The quantitative estimate of drug-likeness (QED) is 0.627. The first-order chi connectivity index (χ1) is 6.79. The average molecular weight is 198 g/mol. The third-order valence-electron chi connectivity index (χ3n) is 3.09. The molecular formula is C10H18N2O2. The molecule has 2 saturated heterocycles. The van der Waals surface area contributed by atoms with Gasteiger partial charge in [-0.15, -0.1) is 0 Å². The van der Waals surface area contributed by atoms with Crippen molar-refractivity contribution in [2.75, 3.05) is 13.1 Å². The maximum atomic E-state index is 11.6. The van der Waals surface area contributed by atoms with Crippen molar-refractivity contribution in [3.8, 4) is 0 Å². The van der Waals surface area contributed by atoms with E-state index in [-0.39, 0.29) is 18.2 Å². The maximum Gasteiger partial charge on any atom is 0.223 e. The first kappa shape index (κ1) is 9.93. The Labute approximate surface area is 84.3 Å². The molecule has 0 bridgehead atoms. The summed E-state index contributed by atoms with van der Waals surface area (Å²) < 4.78 is 0. The molecule has 0 aliphatic carbocycles. The molecular weight excluding hydrogens is 180 g/mol. The molecule has 2 atom stereocenters. The number of rotatable bonds is 1. The number of carbonyl (C=O) groups excluding carboxylic acids is 1. The predicted octanol–water partition coefficient (Wildman–Crippen LogP) is 0.0693. The minimum absolute atomic E-state index is 0.128. The normalized spacial score (nSPS) is 34.6. The van der Waals surface area contributed by atoms with Crippen LogP contribution in [0.15, 0.2) is 0 Å². The van der Waals surface area contributed by atoms with E-state index in [9.17, 15) is 9.90 Å². The van der Waals surface area contributed by atoms with E-state index >= 15 is 0 Å². The summed E-state index contributed by atoms with van der Waals surface area (Å²) in [5, 5.41) is 13.0. The molecule has 0 aromatic heterocycles. The van der Waals surface area contributed by atoms with E-state index in [2.05, 4.69) is 5.32 Å². The van der Waals surface area contributed by atoms with Crippen LogP contribution in [0.4, 0.5) is 0 Å². The summed E-state index contributed by atoms with van der Waals surface area (Å²) in [7, 11) is 0. The number of amides is 1. The van der Waals surface area contributed by atoms with Gasteiger partial charge in [0.25, 0.3) is 0 Å². The Kier molecular flexibility index (Phi) is 3.03. The maximum absolute atomic E-state index is 11.6. The molecule has 2 rings (SSSR count). The molecule has 4 nitrogen and oxygen atoms in total. The Balaban J connectivity index is 2.00. The second kappa shape index (κ2) is 4.28. The lowest BCUT2D eigenvalue weighted by atomic mass is 10.0. The van der Waals surface area contributed by atoms with Crippen molar-refractivity contribution in [3.63, 3.8) is 0 Å². The van der Waals surface area contributed by atoms with E-state index in [0.717, 1.165) is 38.8 Å². The molecule has 14 heavy (non-hydrogen) atoms. The van der Waals surface area contributed by atoms with Crippen LogP contribution >= 0.6 is 0 Å². The summed E-state index contributed by atoms with van der Waals surface area (Å²) >= 11 is 0. The summed E-state index contributed by atoms with van der Waals surface area (Å²) in [6.45, 7) is 1.71. The van der Waals surface area contributed by atoms with Crippen LogP contribution in [0.3, 0.4) is 0 Å². The molecule has 0 radical (unpaired) electrons. The summed E-state index contributed by atoms with van der Waals surface area (Å²) in [5.74, 6) is 0.190. The Morgan fingerprint density at radius 1 is 1.36 bits per heavy atom. The van der Waals surface area contributed by atoms with Crippen LogP contribution in [-0.2, 0) is 4.79 Å². The van der Waals surface area contributed by atoms with Gasteiger partial charge in [-0.25, -0.2) is 0 Å². The molecule has 2 aliphatic heterocycles. The van der Waals surface area contributed by atoms with Crippen molar-refractivity contribution in [1.82, 2.24) is 10.2 Å². The smallest absolute Gasteiger partial charge is 0.223 e. The van der Waals surface area contributed by atoms with Gasteiger partial charge in [-0.3, -0.25) is 10.1 Å². The Morgan fingerprint density at radius 3 is 2.93 bits per heavy atom. The van der Waals surface area contributed by atoms with Crippen molar-refractivity contribution in [2.45, 2.75) is 44.4 Å². The van der Waals surface area contributed by atoms with Crippen molar-refractivity contribution in [2.24, 2.45) is 0 Å². The number of hydrogen-bond acceptors (Lipinski definition) is 3. The highest BCUT2D eigenvalue weighted by atomic mass is 16.3. The Morgan fingerprint density at radius 2 is 2.21 bits per heavy atom. The minimum Gasteiger partial charge on any atom is -0.390 e. The topological polar surface area (TPSA) is 52.6 Å². The van der Waals surface area contributed by atoms with Crippen LogP contribution in [0.1, 0.15) is 32.1 Å². The zero-order valence-corrected chi connectivity index (χ0v) is 8.41. The number of hydrogen-bond donors (Lipinski definition) is 2. The average Bonchev–Trinajstić information content (AvgIpc) is 2.20. The lowest BCUT2D eigenvalue weighted by Gasteiger charge is -2.40. The zero-order chi connectivity index (χ0) is 9.97. The van der Waals surface area contributed by atoms with Gasteiger partial charge in [0, 0.05) is 13.0 Å². The van der Waals surface area contributed by atoms with Gasteiger partial charge in [0.15, 0.2) is 0 Å². The second-order valence-electron chi connectivity index (χ2n) is 4.15. The van der Waals surface area contributed by atoms with Crippen molar-refractivity contribution in [1.29, 1.82) is 0 Å². The van der Waals surface area contributed by atoms with Gasteiger partial charge < -0.3 is 10.0 Å². The zero-order valence-electron chi connectivity index (χ0n) is 8.41. The van der Waals surface area contributed by atoms with Crippen LogP contribution in [-0.4, -0.2) is 41.3 Å². The largest absolute Gasteiger partial charge is 0.390 e. The molecule has 0 aromatic rings. The fourth-order valence-corrected chi connectivity index (χ4v) is 2.29. The SMILES string of the molecule is O=C1CCCCN1C1NCCCC1O. The predicted molar refractivity (Wildman–Crippen MR) is 52.6 cm³/mol. The number of nitrogens with zero attached hydrogens (tertiary/aromatic N) is 1. The molecule has 2 unspecified atom stereocenters. The second-order valence-corrected chi connectivity index (χ2v) is 4.15. The van der Waals surface area contributed by atoms with Gasteiger partial charge in [-0.1, -0.05) is 0 Å². The molecule has 0 spiro atoms. The number of aliphatic hydroxyl groups is 1. The highest BCUT2D eigenvalue weighted by molar-refractivity contribution is 5.77. The number of likely N-dealkylation sites (tertiary alicyclic amines) is 1.